The third kappa shape index (κ3) is 3.65. The average Bonchev–Trinajstić information content (AvgIpc) is 2.94. The Bertz CT molecular complexity index is 1550. The molecule has 1 aliphatic heterocycles. The maximum atomic E-state index is 14.9. The lowest BCUT2D eigenvalue weighted by Crippen LogP contribution is -2.31. The van der Waals surface area contributed by atoms with Gasteiger partial charge in [0.1, 0.15) is 5.44 Å². The predicted molar refractivity (Wildman–Crippen MR) is 155 cm³/mol. The summed E-state index contributed by atoms with van der Waals surface area (Å²) in [5.41, 5.74) is 7.58. The Kier molecular flexibility index (Phi) is 5.62. The van der Waals surface area contributed by atoms with Crippen molar-refractivity contribution in [3.8, 4) is 0 Å². The van der Waals surface area contributed by atoms with Crippen molar-refractivity contribution >= 4 is 40.2 Å². The van der Waals surface area contributed by atoms with Gasteiger partial charge in [-0.3, -0.25) is 4.98 Å². The van der Waals surface area contributed by atoms with Crippen molar-refractivity contribution in [1.82, 2.24) is 4.98 Å². The summed E-state index contributed by atoms with van der Waals surface area (Å²) in [6, 6.07) is 38.9. The topological polar surface area (TPSA) is 33.2 Å². The highest BCUT2D eigenvalue weighted by Crippen LogP contribution is 2.52. The molecule has 37 heavy (non-hydrogen) atoms. The van der Waals surface area contributed by atoms with E-state index in [4.69, 9.17) is 0 Å². The largest absolute Gasteiger partial charge is 0.310 e. The van der Waals surface area contributed by atoms with Crippen LogP contribution in [-0.2, 0) is 9.98 Å². The van der Waals surface area contributed by atoms with Gasteiger partial charge in [-0.25, -0.2) is 0 Å². The van der Waals surface area contributed by atoms with Crippen LogP contribution in [0.3, 0.4) is 0 Å². The van der Waals surface area contributed by atoms with Crippen LogP contribution in [0.2, 0.25) is 0 Å². The molecule has 4 aromatic carbocycles. The standard InChI is InChI=1S/C33H29N2OP/c1-24-23-26(37(36,25-13-5-4-6-14-25)32-19-11-12-22-34-32)20-21-29(24)35-30-17-9-7-15-27(30)33(2,3)28-16-8-10-18-31(28)35/h4-23H,1-3H3. The van der Waals surface area contributed by atoms with Crippen molar-refractivity contribution in [2.45, 2.75) is 26.2 Å². The smallest absolute Gasteiger partial charge is 0.188 e. The van der Waals surface area contributed by atoms with Crippen molar-refractivity contribution in [3.05, 3.63) is 138 Å². The highest BCUT2D eigenvalue weighted by atomic mass is 31.2. The fourth-order valence-electron chi connectivity index (χ4n) is 5.61. The molecule has 0 amide bonds. The van der Waals surface area contributed by atoms with Crippen LogP contribution in [0, 0.1) is 6.92 Å². The molecular weight excluding hydrogens is 471 g/mol. The lowest BCUT2D eigenvalue weighted by Gasteiger charge is -2.42. The van der Waals surface area contributed by atoms with Gasteiger partial charge in [-0.1, -0.05) is 86.6 Å². The van der Waals surface area contributed by atoms with Gasteiger partial charge in [0.25, 0.3) is 0 Å². The highest BCUT2D eigenvalue weighted by molar-refractivity contribution is 7.85. The van der Waals surface area contributed by atoms with Gasteiger partial charge < -0.3 is 9.46 Å². The number of nitrogens with zero attached hydrogens (tertiary/aromatic N) is 2. The molecule has 0 N–H and O–H groups in total. The zero-order chi connectivity index (χ0) is 25.6. The van der Waals surface area contributed by atoms with Crippen molar-refractivity contribution in [1.29, 1.82) is 0 Å². The quantitative estimate of drug-likeness (QED) is 0.246. The number of rotatable bonds is 4. The molecule has 3 nitrogen and oxygen atoms in total. The number of para-hydroxylation sites is 2. The Morgan fingerprint density at radius 2 is 1.24 bits per heavy atom. The first kappa shape index (κ1) is 23.5. The first-order valence-electron chi connectivity index (χ1n) is 12.6. The number of anilines is 3. The van der Waals surface area contributed by atoms with Crippen molar-refractivity contribution in [3.63, 3.8) is 0 Å². The minimum Gasteiger partial charge on any atom is -0.310 e. The number of aromatic nitrogens is 1. The second kappa shape index (κ2) is 8.87. The Morgan fingerprint density at radius 1 is 0.649 bits per heavy atom. The van der Waals surface area contributed by atoms with Crippen LogP contribution in [0.5, 0.6) is 0 Å². The average molecular weight is 501 g/mol. The fraction of sp³-hybridized carbons (Fsp3) is 0.121. The Balaban J connectivity index is 1.55. The van der Waals surface area contributed by atoms with E-state index < -0.39 is 7.14 Å². The number of pyridine rings is 1. The zero-order valence-corrected chi connectivity index (χ0v) is 22.2. The number of hydrogen-bond acceptors (Lipinski definition) is 3. The van der Waals surface area contributed by atoms with E-state index in [2.05, 4.69) is 91.3 Å². The van der Waals surface area contributed by atoms with Gasteiger partial charge in [0.2, 0.25) is 0 Å². The van der Waals surface area contributed by atoms with Gasteiger partial charge in [-0.2, -0.15) is 0 Å². The molecule has 0 saturated heterocycles. The SMILES string of the molecule is Cc1cc(P(=O)(c2ccccc2)c2ccccn2)ccc1N1c2ccccc2C(C)(C)c2ccccc21. The van der Waals surface area contributed by atoms with Crippen LogP contribution in [0.15, 0.2) is 121 Å². The summed E-state index contributed by atoms with van der Waals surface area (Å²) in [5, 5.41) is 1.58. The van der Waals surface area contributed by atoms with Gasteiger partial charge in [0.15, 0.2) is 7.14 Å². The van der Waals surface area contributed by atoms with Crippen LogP contribution in [-0.4, -0.2) is 4.98 Å². The lowest BCUT2D eigenvalue weighted by atomic mass is 9.73. The van der Waals surface area contributed by atoms with Crippen molar-refractivity contribution in [2.24, 2.45) is 0 Å². The molecule has 0 fully saturated rings. The first-order valence-corrected chi connectivity index (χ1v) is 14.3. The molecule has 0 aliphatic carbocycles. The third-order valence-corrected chi connectivity index (χ3v) is 10.5. The molecule has 182 valence electrons. The van der Waals surface area contributed by atoms with Gasteiger partial charge >= 0.3 is 0 Å². The van der Waals surface area contributed by atoms with Crippen LogP contribution in [0.4, 0.5) is 17.1 Å². The normalized spacial score (nSPS) is 15.4. The predicted octanol–water partition coefficient (Wildman–Crippen LogP) is 7.14. The molecule has 6 rings (SSSR count). The molecule has 1 unspecified atom stereocenters. The van der Waals surface area contributed by atoms with E-state index >= 15 is 0 Å². The summed E-state index contributed by atoms with van der Waals surface area (Å²) < 4.78 is 14.9. The maximum Gasteiger partial charge on any atom is 0.188 e. The van der Waals surface area contributed by atoms with Crippen LogP contribution in [0.1, 0.15) is 30.5 Å². The second-order valence-corrected chi connectivity index (χ2v) is 12.8. The molecule has 5 aromatic rings. The minimum atomic E-state index is -3.15. The van der Waals surface area contributed by atoms with E-state index in [1.807, 2.05) is 54.6 Å². The van der Waals surface area contributed by atoms with Gasteiger partial charge in [0.05, 0.1) is 11.4 Å². The lowest BCUT2D eigenvalue weighted by molar-refractivity contribution is 0.592. The fourth-order valence-corrected chi connectivity index (χ4v) is 8.21. The van der Waals surface area contributed by atoms with Crippen LogP contribution < -0.4 is 20.9 Å². The molecule has 0 bridgehead atoms. The van der Waals surface area contributed by atoms with E-state index in [-0.39, 0.29) is 5.41 Å². The van der Waals surface area contributed by atoms with E-state index in [0.717, 1.165) is 21.9 Å². The molecule has 1 aliphatic rings. The molecule has 4 heteroatoms. The van der Waals surface area contributed by atoms with E-state index in [1.165, 1.54) is 22.5 Å². The van der Waals surface area contributed by atoms with E-state index in [1.54, 1.807) is 6.20 Å². The second-order valence-electron chi connectivity index (χ2n) is 10.1. The Hall–Kier alpha value is -3.94. The molecule has 1 atom stereocenters. The monoisotopic (exact) mass is 500 g/mol. The molecular formula is C33H29N2OP. The number of fused-ring (bicyclic) bond motifs is 2. The molecule has 0 radical (unpaired) electrons. The summed E-state index contributed by atoms with van der Waals surface area (Å²) in [5.74, 6) is 0. The summed E-state index contributed by atoms with van der Waals surface area (Å²) >= 11 is 0. The Labute approximate surface area is 218 Å². The van der Waals surface area contributed by atoms with E-state index in [0.29, 0.717) is 5.44 Å². The van der Waals surface area contributed by atoms with E-state index in [9.17, 15) is 4.57 Å². The highest BCUT2D eigenvalue weighted by Gasteiger charge is 2.37. The van der Waals surface area contributed by atoms with Crippen LogP contribution in [0.25, 0.3) is 0 Å². The summed E-state index contributed by atoms with van der Waals surface area (Å²) in [6.07, 6.45) is 1.72. The number of hydrogen-bond donors (Lipinski definition) is 0. The molecule has 2 heterocycles. The van der Waals surface area contributed by atoms with Gasteiger partial charge in [-0.15, -0.1) is 0 Å². The third-order valence-electron chi connectivity index (χ3n) is 7.51. The zero-order valence-electron chi connectivity index (χ0n) is 21.3. The van der Waals surface area contributed by atoms with Crippen LogP contribution >= 0.6 is 7.14 Å². The van der Waals surface area contributed by atoms with Gasteiger partial charge in [-0.05, 0) is 66.1 Å². The maximum absolute atomic E-state index is 14.9. The molecule has 0 spiro atoms. The summed E-state index contributed by atoms with van der Waals surface area (Å²) in [7, 11) is -3.15. The van der Waals surface area contributed by atoms with Crippen molar-refractivity contribution in [2.75, 3.05) is 4.90 Å². The molecule has 1 aromatic heterocycles. The summed E-state index contributed by atoms with van der Waals surface area (Å²) in [6.45, 7) is 6.69. The molecule has 0 saturated carbocycles. The number of benzene rings is 4. The Morgan fingerprint density at radius 3 is 1.84 bits per heavy atom. The van der Waals surface area contributed by atoms with Gasteiger partial charge in [0, 0.05) is 27.9 Å². The summed E-state index contributed by atoms with van der Waals surface area (Å²) in [4.78, 5) is 6.90. The van der Waals surface area contributed by atoms with Crippen molar-refractivity contribution < 1.29 is 4.57 Å². The minimum absolute atomic E-state index is 0.112. The number of aryl methyl sites for hydroxylation is 1. The first-order chi connectivity index (χ1) is 17.9.